The second kappa shape index (κ2) is 6.52. The molecule has 0 unspecified atom stereocenters. The lowest BCUT2D eigenvalue weighted by Gasteiger charge is -2.11. The predicted molar refractivity (Wildman–Crippen MR) is 71.2 cm³/mol. The third-order valence-electron chi connectivity index (χ3n) is 3.23. The highest BCUT2D eigenvalue weighted by Crippen LogP contribution is 2.20. The molecule has 1 fully saturated rings. The van der Waals surface area contributed by atoms with Crippen LogP contribution in [0, 0.1) is 0 Å². The van der Waals surface area contributed by atoms with Crippen molar-refractivity contribution in [3.8, 4) is 0 Å². The molecule has 1 saturated carbocycles. The Kier molecular flexibility index (Phi) is 4.73. The molecule has 18 heavy (non-hydrogen) atoms. The van der Waals surface area contributed by atoms with Crippen LogP contribution in [0.1, 0.15) is 31.2 Å². The lowest BCUT2D eigenvalue weighted by Crippen LogP contribution is -2.21. The zero-order chi connectivity index (χ0) is 12.8. The molecule has 0 bridgehead atoms. The second-order valence-electron chi connectivity index (χ2n) is 4.67. The largest absolute Gasteiger partial charge is 0.368 e. The number of carbonyl (C=O) groups excluding carboxylic acids is 1. The van der Waals surface area contributed by atoms with Crippen LogP contribution < -0.4 is 11.1 Å². The molecular formula is C14H20N2O2. The van der Waals surface area contributed by atoms with Crippen molar-refractivity contribution in [2.75, 3.05) is 11.9 Å². The summed E-state index contributed by atoms with van der Waals surface area (Å²) in [5.41, 5.74) is 7.35. The quantitative estimate of drug-likeness (QED) is 0.838. The molecule has 3 N–H and O–H groups in total. The molecule has 1 aromatic rings. The molecule has 0 heterocycles. The highest BCUT2D eigenvalue weighted by Gasteiger charge is 2.16. The average Bonchev–Trinajstić information content (AvgIpc) is 2.90. The number of ether oxygens (including phenoxy) is 1. The first-order valence-corrected chi connectivity index (χ1v) is 6.48. The van der Waals surface area contributed by atoms with Crippen molar-refractivity contribution < 1.29 is 9.53 Å². The summed E-state index contributed by atoms with van der Waals surface area (Å²) in [7, 11) is 0. The summed E-state index contributed by atoms with van der Waals surface area (Å²) >= 11 is 0. The minimum Gasteiger partial charge on any atom is -0.368 e. The number of carbonyl (C=O) groups is 1. The average molecular weight is 248 g/mol. The van der Waals surface area contributed by atoms with Gasteiger partial charge in [-0.15, -0.1) is 0 Å². The number of rotatable bonds is 5. The summed E-state index contributed by atoms with van der Waals surface area (Å²) < 4.78 is 5.55. The molecule has 98 valence electrons. The van der Waals surface area contributed by atoms with E-state index in [1.54, 1.807) is 0 Å². The lowest BCUT2D eigenvalue weighted by molar-refractivity contribution is -0.122. The van der Waals surface area contributed by atoms with Crippen LogP contribution in [0.25, 0.3) is 0 Å². The van der Waals surface area contributed by atoms with Crippen molar-refractivity contribution >= 4 is 11.6 Å². The fourth-order valence-electron chi connectivity index (χ4n) is 2.17. The van der Waals surface area contributed by atoms with E-state index in [1.807, 2.05) is 24.3 Å². The smallest absolute Gasteiger partial charge is 0.250 e. The Bertz CT molecular complexity index is 383. The van der Waals surface area contributed by atoms with Crippen LogP contribution in [0.2, 0.25) is 0 Å². The van der Waals surface area contributed by atoms with Gasteiger partial charge in [-0.2, -0.15) is 0 Å². The standard InChI is InChI=1S/C14H20N2O2/c15-9-11-5-7-12(8-6-11)16-14(17)10-18-13-3-1-2-4-13/h5-8,13H,1-4,9-10,15H2,(H,16,17). The molecule has 4 nitrogen and oxygen atoms in total. The van der Waals surface area contributed by atoms with Gasteiger partial charge in [0.25, 0.3) is 0 Å². The van der Waals surface area contributed by atoms with Crippen LogP contribution in [-0.2, 0) is 16.1 Å². The number of nitrogens with two attached hydrogens (primary N) is 1. The Morgan fingerprint density at radius 3 is 2.56 bits per heavy atom. The lowest BCUT2D eigenvalue weighted by atomic mass is 10.2. The Morgan fingerprint density at radius 2 is 1.94 bits per heavy atom. The third kappa shape index (κ3) is 3.82. The molecule has 0 spiro atoms. The Balaban J connectivity index is 1.75. The van der Waals surface area contributed by atoms with Crippen molar-refractivity contribution in [3.63, 3.8) is 0 Å². The Morgan fingerprint density at radius 1 is 1.28 bits per heavy atom. The van der Waals surface area contributed by atoms with Gasteiger partial charge in [0.15, 0.2) is 0 Å². The maximum Gasteiger partial charge on any atom is 0.250 e. The van der Waals surface area contributed by atoms with Crippen molar-refractivity contribution in [2.45, 2.75) is 38.3 Å². The monoisotopic (exact) mass is 248 g/mol. The molecule has 0 aromatic heterocycles. The molecule has 2 rings (SSSR count). The van der Waals surface area contributed by atoms with Gasteiger partial charge in [0.1, 0.15) is 6.61 Å². The Hall–Kier alpha value is -1.39. The minimum absolute atomic E-state index is 0.0950. The van der Waals surface area contributed by atoms with Crippen LogP contribution in [0.4, 0.5) is 5.69 Å². The molecular weight excluding hydrogens is 228 g/mol. The zero-order valence-electron chi connectivity index (χ0n) is 10.5. The number of hydrogen-bond acceptors (Lipinski definition) is 3. The van der Waals surface area contributed by atoms with E-state index in [-0.39, 0.29) is 18.6 Å². The summed E-state index contributed by atoms with van der Waals surface area (Å²) in [6.07, 6.45) is 4.87. The summed E-state index contributed by atoms with van der Waals surface area (Å²) in [6, 6.07) is 7.53. The number of amides is 1. The van der Waals surface area contributed by atoms with Crippen molar-refractivity contribution in [1.82, 2.24) is 0 Å². The van der Waals surface area contributed by atoms with E-state index < -0.39 is 0 Å². The summed E-state index contributed by atoms with van der Waals surface area (Å²) in [5, 5.41) is 2.81. The van der Waals surface area contributed by atoms with Crippen molar-refractivity contribution in [2.24, 2.45) is 5.73 Å². The third-order valence-corrected chi connectivity index (χ3v) is 3.23. The number of hydrogen-bond donors (Lipinski definition) is 2. The highest BCUT2D eigenvalue weighted by molar-refractivity contribution is 5.91. The number of anilines is 1. The zero-order valence-corrected chi connectivity index (χ0v) is 10.5. The molecule has 1 aromatic carbocycles. The van der Waals surface area contributed by atoms with Gasteiger partial charge >= 0.3 is 0 Å². The molecule has 1 aliphatic carbocycles. The van der Waals surface area contributed by atoms with Gasteiger partial charge in [0.05, 0.1) is 6.10 Å². The summed E-state index contributed by atoms with van der Waals surface area (Å²) in [4.78, 5) is 11.7. The molecule has 0 radical (unpaired) electrons. The summed E-state index contributed by atoms with van der Waals surface area (Å²) in [5.74, 6) is -0.0950. The maximum atomic E-state index is 11.7. The van der Waals surface area contributed by atoms with Crippen LogP contribution in [-0.4, -0.2) is 18.6 Å². The van der Waals surface area contributed by atoms with E-state index in [0.717, 1.165) is 24.1 Å². The maximum absolute atomic E-state index is 11.7. The van der Waals surface area contributed by atoms with Crippen LogP contribution >= 0.6 is 0 Å². The normalized spacial score (nSPS) is 15.8. The number of nitrogens with one attached hydrogen (secondary N) is 1. The molecule has 1 amide bonds. The van der Waals surface area contributed by atoms with Gasteiger partial charge in [-0.05, 0) is 30.5 Å². The van der Waals surface area contributed by atoms with Gasteiger partial charge in [-0.3, -0.25) is 4.79 Å². The van der Waals surface area contributed by atoms with Crippen LogP contribution in [0.15, 0.2) is 24.3 Å². The molecule has 1 aliphatic rings. The van der Waals surface area contributed by atoms with Gasteiger partial charge < -0.3 is 15.8 Å². The van der Waals surface area contributed by atoms with Gasteiger partial charge in [0.2, 0.25) is 5.91 Å². The van der Waals surface area contributed by atoms with Crippen LogP contribution in [0.5, 0.6) is 0 Å². The van der Waals surface area contributed by atoms with E-state index in [2.05, 4.69) is 5.32 Å². The van der Waals surface area contributed by atoms with E-state index >= 15 is 0 Å². The highest BCUT2D eigenvalue weighted by atomic mass is 16.5. The van der Waals surface area contributed by atoms with Crippen molar-refractivity contribution in [1.29, 1.82) is 0 Å². The molecule has 4 heteroatoms. The fourth-order valence-corrected chi connectivity index (χ4v) is 2.17. The molecule has 0 aliphatic heterocycles. The van der Waals surface area contributed by atoms with E-state index in [9.17, 15) is 4.79 Å². The van der Waals surface area contributed by atoms with E-state index in [0.29, 0.717) is 6.54 Å². The number of benzene rings is 1. The van der Waals surface area contributed by atoms with Gasteiger partial charge in [-0.25, -0.2) is 0 Å². The van der Waals surface area contributed by atoms with E-state index in [4.69, 9.17) is 10.5 Å². The first-order valence-electron chi connectivity index (χ1n) is 6.48. The topological polar surface area (TPSA) is 64.3 Å². The van der Waals surface area contributed by atoms with Gasteiger partial charge in [-0.1, -0.05) is 25.0 Å². The fraction of sp³-hybridized carbons (Fsp3) is 0.500. The van der Waals surface area contributed by atoms with Gasteiger partial charge in [0, 0.05) is 12.2 Å². The van der Waals surface area contributed by atoms with Crippen molar-refractivity contribution in [3.05, 3.63) is 29.8 Å². The predicted octanol–water partition coefficient (Wildman–Crippen LogP) is 2.04. The summed E-state index contributed by atoms with van der Waals surface area (Å²) in [6.45, 7) is 0.655. The minimum atomic E-state index is -0.0950. The van der Waals surface area contributed by atoms with E-state index in [1.165, 1.54) is 12.8 Å². The Labute approximate surface area is 108 Å². The molecule has 0 atom stereocenters. The SMILES string of the molecule is NCc1ccc(NC(=O)COC2CCCC2)cc1. The first kappa shape index (κ1) is 13.1. The molecule has 0 saturated heterocycles. The van der Waals surface area contributed by atoms with Crippen LogP contribution in [0.3, 0.4) is 0 Å². The first-order chi connectivity index (χ1) is 8.78. The second-order valence-corrected chi connectivity index (χ2v) is 4.67.